The minimum absolute atomic E-state index is 0.117. The lowest BCUT2D eigenvalue weighted by Gasteiger charge is -2.13. The number of benzene rings is 3. The first-order valence-electron chi connectivity index (χ1n) is 10.4. The van der Waals surface area contributed by atoms with Crippen molar-refractivity contribution in [2.45, 2.75) is 25.7 Å². The second-order valence-electron chi connectivity index (χ2n) is 7.97. The van der Waals surface area contributed by atoms with Crippen LogP contribution in [-0.2, 0) is 24.3 Å². The molecule has 0 fully saturated rings. The van der Waals surface area contributed by atoms with Crippen LogP contribution in [0.4, 0.5) is 0 Å². The van der Waals surface area contributed by atoms with Gasteiger partial charge >= 0.3 is 5.69 Å². The van der Waals surface area contributed by atoms with Crippen LogP contribution in [0.2, 0.25) is 15.1 Å². The van der Waals surface area contributed by atoms with Gasteiger partial charge in [0.05, 0.1) is 30.6 Å². The van der Waals surface area contributed by atoms with E-state index in [9.17, 15) is 9.90 Å². The molecule has 2 heterocycles. The third-order valence-corrected chi connectivity index (χ3v) is 6.41. The molecular formula is C25H19Cl3N2O3. The van der Waals surface area contributed by atoms with Gasteiger partial charge in [-0.1, -0.05) is 65.1 Å². The van der Waals surface area contributed by atoms with Crippen molar-refractivity contribution in [3.8, 4) is 22.7 Å². The van der Waals surface area contributed by atoms with Crippen LogP contribution in [0.5, 0.6) is 5.88 Å². The molecule has 0 spiro atoms. The molecule has 8 heteroatoms. The fourth-order valence-electron chi connectivity index (χ4n) is 4.16. The maximum atomic E-state index is 13.0. The van der Waals surface area contributed by atoms with Crippen molar-refractivity contribution in [3.05, 3.63) is 104 Å². The highest BCUT2D eigenvalue weighted by atomic mass is 35.5. The van der Waals surface area contributed by atoms with Crippen molar-refractivity contribution in [2.24, 2.45) is 0 Å². The molecule has 0 saturated carbocycles. The molecule has 1 atom stereocenters. The quantitative estimate of drug-likeness (QED) is 0.359. The Balaban J connectivity index is 1.31. The number of fused-ring (bicyclic) bond motifs is 1. The number of nitrogens with zero attached hydrogens (tertiary/aromatic N) is 2. The first kappa shape index (κ1) is 22.1. The van der Waals surface area contributed by atoms with Crippen molar-refractivity contribution in [2.75, 3.05) is 0 Å². The molecule has 0 bridgehead atoms. The Bertz CT molecular complexity index is 1370. The van der Waals surface area contributed by atoms with Gasteiger partial charge in [0.25, 0.3) is 0 Å². The number of hydrogen-bond donors (Lipinski definition) is 1. The molecule has 1 aliphatic heterocycles. The van der Waals surface area contributed by atoms with Gasteiger partial charge < -0.3 is 9.84 Å². The topological polar surface area (TPSA) is 56.4 Å². The number of hydrogen-bond acceptors (Lipinski definition) is 3. The standard InChI is InChI=1S/C25H19Cl3N2O3/c26-18-6-4-16(5-7-18)17-3-1-2-15(8-17)14-33-22-12-23-24(31)30(25(32)29(23)13-22)21-10-19(27)9-20(28)11-21/h1-11,22,31H,12-14H2/t22-/m1/s1. The van der Waals surface area contributed by atoms with E-state index in [4.69, 9.17) is 39.5 Å². The number of halogens is 3. The Labute approximate surface area is 205 Å². The largest absolute Gasteiger partial charge is 0.493 e. The minimum Gasteiger partial charge on any atom is -0.493 e. The fourth-order valence-corrected chi connectivity index (χ4v) is 4.80. The molecule has 33 heavy (non-hydrogen) atoms. The molecule has 0 unspecified atom stereocenters. The zero-order valence-electron chi connectivity index (χ0n) is 17.3. The van der Waals surface area contributed by atoms with E-state index in [2.05, 4.69) is 6.07 Å². The predicted molar refractivity (Wildman–Crippen MR) is 131 cm³/mol. The Morgan fingerprint density at radius 1 is 0.909 bits per heavy atom. The van der Waals surface area contributed by atoms with Gasteiger partial charge in [0.15, 0.2) is 0 Å². The number of imidazole rings is 1. The molecule has 0 saturated heterocycles. The Morgan fingerprint density at radius 2 is 1.64 bits per heavy atom. The third-order valence-electron chi connectivity index (χ3n) is 5.72. The Kier molecular flexibility index (Phi) is 5.97. The molecular weight excluding hydrogens is 483 g/mol. The van der Waals surface area contributed by atoms with Gasteiger partial charge in [0, 0.05) is 21.5 Å². The molecule has 168 valence electrons. The summed E-state index contributed by atoms with van der Waals surface area (Å²) in [5, 5.41) is 12.2. The summed E-state index contributed by atoms with van der Waals surface area (Å²) in [5.74, 6) is -0.117. The molecule has 0 radical (unpaired) electrons. The van der Waals surface area contributed by atoms with Crippen molar-refractivity contribution in [1.82, 2.24) is 9.13 Å². The zero-order valence-corrected chi connectivity index (χ0v) is 19.6. The van der Waals surface area contributed by atoms with E-state index in [-0.39, 0.29) is 17.7 Å². The number of rotatable bonds is 5. The highest BCUT2D eigenvalue weighted by Gasteiger charge is 2.31. The Morgan fingerprint density at radius 3 is 2.33 bits per heavy atom. The van der Waals surface area contributed by atoms with Crippen LogP contribution in [0, 0.1) is 0 Å². The molecule has 0 aliphatic carbocycles. The second kappa shape index (κ2) is 8.92. The smallest absolute Gasteiger partial charge is 0.336 e. The van der Waals surface area contributed by atoms with Crippen LogP contribution in [-0.4, -0.2) is 20.3 Å². The molecule has 4 aromatic rings. The van der Waals surface area contributed by atoms with Gasteiger partial charge in [-0.2, -0.15) is 0 Å². The average molecular weight is 502 g/mol. The van der Waals surface area contributed by atoms with E-state index in [0.29, 0.717) is 46.0 Å². The minimum atomic E-state index is -0.350. The van der Waals surface area contributed by atoms with E-state index >= 15 is 0 Å². The monoisotopic (exact) mass is 500 g/mol. The third kappa shape index (κ3) is 4.42. The molecule has 0 amide bonds. The maximum absolute atomic E-state index is 13.0. The molecule has 1 aromatic heterocycles. The maximum Gasteiger partial charge on any atom is 0.336 e. The van der Waals surface area contributed by atoms with Crippen molar-refractivity contribution in [3.63, 3.8) is 0 Å². The second-order valence-corrected chi connectivity index (χ2v) is 9.28. The SMILES string of the molecule is O=c1n2c(c(O)n1-c1cc(Cl)cc(Cl)c1)C[C@@H](OCc1cccc(-c3ccc(Cl)cc3)c1)C2. The van der Waals surface area contributed by atoms with Crippen LogP contribution in [0.25, 0.3) is 16.8 Å². The number of aromatic nitrogens is 2. The summed E-state index contributed by atoms with van der Waals surface area (Å²) in [6.45, 7) is 0.760. The van der Waals surface area contributed by atoms with Gasteiger partial charge in [-0.05, 0) is 53.1 Å². The van der Waals surface area contributed by atoms with E-state index in [1.807, 2.05) is 42.5 Å². The lowest BCUT2D eigenvalue weighted by atomic mass is 10.0. The van der Waals surface area contributed by atoms with E-state index in [1.54, 1.807) is 22.8 Å². The predicted octanol–water partition coefficient (Wildman–Crippen LogP) is 6.11. The first-order chi connectivity index (χ1) is 15.9. The average Bonchev–Trinajstić information content (AvgIpc) is 3.31. The van der Waals surface area contributed by atoms with Gasteiger partial charge in [-0.15, -0.1) is 0 Å². The van der Waals surface area contributed by atoms with E-state index < -0.39 is 0 Å². The van der Waals surface area contributed by atoms with Crippen LogP contribution in [0.3, 0.4) is 0 Å². The van der Waals surface area contributed by atoms with Crippen LogP contribution < -0.4 is 5.69 Å². The van der Waals surface area contributed by atoms with Crippen molar-refractivity contribution >= 4 is 34.8 Å². The van der Waals surface area contributed by atoms with Crippen molar-refractivity contribution < 1.29 is 9.84 Å². The molecule has 5 nitrogen and oxygen atoms in total. The summed E-state index contributed by atoms with van der Waals surface area (Å²) in [4.78, 5) is 13.0. The highest BCUT2D eigenvalue weighted by molar-refractivity contribution is 6.34. The van der Waals surface area contributed by atoms with Crippen molar-refractivity contribution in [1.29, 1.82) is 0 Å². The van der Waals surface area contributed by atoms with Crippen LogP contribution >= 0.6 is 34.8 Å². The van der Waals surface area contributed by atoms with Crippen LogP contribution in [0.1, 0.15) is 11.3 Å². The lowest BCUT2D eigenvalue weighted by Crippen LogP contribution is -2.26. The van der Waals surface area contributed by atoms with E-state index in [0.717, 1.165) is 16.7 Å². The van der Waals surface area contributed by atoms with Crippen LogP contribution in [0.15, 0.2) is 71.5 Å². The lowest BCUT2D eigenvalue weighted by molar-refractivity contribution is 0.0409. The highest BCUT2D eigenvalue weighted by Crippen LogP contribution is 2.30. The molecule has 1 aliphatic rings. The summed E-state index contributed by atoms with van der Waals surface area (Å²) in [7, 11) is 0. The fraction of sp³-hybridized carbons (Fsp3) is 0.160. The molecule has 1 N–H and O–H groups in total. The van der Waals surface area contributed by atoms with Gasteiger partial charge in [0.2, 0.25) is 5.88 Å². The number of ether oxygens (including phenoxy) is 1. The summed E-state index contributed by atoms with van der Waals surface area (Å²) < 4.78 is 8.85. The molecule has 3 aromatic carbocycles. The summed E-state index contributed by atoms with van der Waals surface area (Å²) in [6.07, 6.45) is 0.217. The summed E-state index contributed by atoms with van der Waals surface area (Å²) in [5.41, 5.74) is 3.78. The van der Waals surface area contributed by atoms with Gasteiger partial charge in [-0.25, -0.2) is 9.36 Å². The number of aromatic hydroxyl groups is 1. The molecule has 5 rings (SSSR count). The Hall–Kier alpha value is -2.70. The normalized spacial score (nSPS) is 15.1. The van der Waals surface area contributed by atoms with Gasteiger partial charge in [0.1, 0.15) is 0 Å². The zero-order chi connectivity index (χ0) is 23.1. The summed E-state index contributed by atoms with van der Waals surface area (Å²) in [6, 6.07) is 20.5. The van der Waals surface area contributed by atoms with Gasteiger partial charge in [-0.3, -0.25) is 4.57 Å². The summed E-state index contributed by atoms with van der Waals surface area (Å²) >= 11 is 18.1. The van der Waals surface area contributed by atoms with E-state index in [1.165, 1.54) is 4.57 Å². The first-order valence-corrected chi connectivity index (χ1v) is 11.5.